The summed E-state index contributed by atoms with van der Waals surface area (Å²) in [7, 11) is 0. The maximum absolute atomic E-state index is 14.2. The lowest BCUT2D eigenvalue weighted by atomic mass is 9.98. The largest absolute Gasteiger partial charge is 0.449 e. The van der Waals surface area contributed by atoms with Gasteiger partial charge in [0.1, 0.15) is 12.2 Å². The lowest BCUT2D eigenvalue weighted by Gasteiger charge is -2.38. The number of nitrogens with one attached hydrogen (secondary N) is 1. The van der Waals surface area contributed by atoms with Crippen LogP contribution in [-0.4, -0.2) is 65.1 Å². The molecule has 1 N–H and O–H groups in total. The van der Waals surface area contributed by atoms with Crippen LogP contribution in [0, 0.1) is 5.92 Å². The average molecular weight is 656 g/mol. The summed E-state index contributed by atoms with van der Waals surface area (Å²) in [5.74, 6) is 0.438. The molecule has 10 nitrogen and oxygen atoms in total. The smallest absolute Gasteiger partial charge is 0.410 e. The molecule has 1 aliphatic heterocycles. The van der Waals surface area contributed by atoms with Gasteiger partial charge in [0.25, 0.3) is 5.56 Å². The van der Waals surface area contributed by atoms with Crippen molar-refractivity contribution in [3.05, 3.63) is 99.1 Å². The number of alkyl carbamates (subject to hydrolysis) is 1. The number of piperazine rings is 1. The quantitative estimate of drug-likeness (QED) is 0.263. The van der Waals surface area contributed by atoms with E-state index in [0.29, 0.717) is 47.9 Å². The third kappa shape index (κ3) is 6.14. The van der Waals surface area contributed by atoms with Crippen molar-refractivity contribution in [1.29, 1.82) is 0 Å². The van der Waals surface area contributed by atoms with Gasteiger partial charge in [-0.05, 0) is 73.9 Å². The molecular formula is C36H38ClN5O5. The van der Waals surface area contributed by atoms with Gasteiger partial charge < -0.3 is 24.7 Å². The molecule has 3 aliphatic rings. The molecule has 1 aromatic heterocycles. The molecule has 11 heteroatoms. The molecule has 244 valence electrons. The standard InChI is InChI=1S/C36H38ClN5O5/c1-36(2,3)47-35(45)40-17-19-41(20-18-40)42-32(38-29-14-8-13-28(37)30(29)33(42)43)31(22-15-16-22)39-34(44)46-21-27-25-11-6-4-9-23(25)24-10-5-7-12-26(24)27/h4-14,22,27,31H,15-21H2,1-3H3,(H,39,44). The molecule has 1 atom stereocenters. The molecule has 0 bridgehead atoms. The summed E-state index contributed by atoms with van der Waals surface area (Å²) in [6, 6.07) is 21.0. The van der Waals surface area contributed by atoms with E-state index < -0.39 is 23.8 Å². The van der Waals surface area contributed by atoms with Gasteiger partial charge in [0.15, 0.2) is 5.82 Å². The van der Waals surface area contributed by atoms with E-state index in [9.17, 15) is 14.4 Å². The number of carbonyl (C=O) groups is 2. The number of hydrogen-bond donors (Lipinski definition) is 1. The van der Waals surface area contributed by atoms with Crippen LogP contribution in [0.2, 0.25) is 5.02 Å². The second-order valence-electron chi connectivity index (χ2n) is 13.4. The van der Waals surface area contributed by atoms with Crippen LogP contribution in [0.5, 0.6) is 0 Å². The Morgan fingerprint density at radius 2 is 1.57 bits per heavy atom. The topological polar surface area (TPSA) is 106 Å². The van der Waals surface area contributed by atoms with Crippen molar-refractivity contribution >= 4 is 34.7 Å². The first-order valence-electron chi connectivity index (χ1n) is 16.1. The van der Waals surface area contributed by atoms with Crippen molar-refractivity contribution in [2.24, 2.45) is 5.92 Å². The Kier molecular flexibility index (Phi) is 8.08. The molecule has 2 fully saturated rings. The Morgan fingerprint density at radius 1 is 0.936 bits per heavy atom. The molecule has 1 unspecified atom stereocenters. The number of amides is 2. The number of ether oxygens (including phenoxy) is 2. The summed E-state index contributed by atoms with van der Waals surface area (Å²) in [4.78, 5) is 47.1. The number of fused-ring (bicyclic) bond motifs is 4. The number of rotatable bonds is 6. The fraction of sp³-hybridized carbons (Fsp3) is 0.389. The molecule has 1 saturated heterocycles. The monoisotopic (exact) mass is 655 g/mol. The normalized spacial score (nSPS) is 16.9. The maximum atomic E-state index is 14.2. The molecule has 3 aromatic carbocycles. The first-order chi connectivity index (χ1) is 22.6. The molecule has 47 heavy (non-hydrogen) atoms. The number of halogens is 1. The summed E-state index contributed by atoms with van der Waals surface area (Å²) in [6.07, 6.45) is 0.802. The SMILES string of the molecule is CC(C)(C)OC(=O)N1CCN(n2c(C(NC(=O)OCC3c4ccccc4-c4ccccc43)C3CC3)nc3cccc(Cl)c3c2=O)CC1. The third-order valence-corrected chi connectivity index (χ3v) is 9.34. The summed E-state index contributed by atoms with van der Waals surface area (Å²) in [6.45, 7) is 7.12. The van der Waals surface area contributed by atoms with Crippen molar-refractivity contribution in [1.82, 2.24) is 19.9 Å². The Morgan fingerprint density at radius 3 is 2.19 bits per heavy atom. The molecule has 4 aromatic rings. The second-order valence-corrected chi connectivity index (χ2v) is 13.8. The third-order valence-electron chi connectivity index (χ3n) is 9.03. The highest BCUT2D eigenvalue weighted by Gasteiger charge is 2.39. The minimum absolute atomic E-state index is 0.0760. The van der Waals surface area contributed by atoms with Crippen LogP contribution in [0.4, 0.5) is 9.59 Å². The predicted molar refractivity (Wildman–Crippen MR) is 180 cm³/mol. The first kappa shape index (κ1) is 31.1. The Balaban J connectivity index is 1.15. The van der Waals surface area contributed by atoms with E-state index in [2.05, 4.69) is 29.6 Å². The van der Waals surface area contributed by atoms with E-state index >= 15 is 0 Å². The average Bonchev–Trinajstić information content (AvgIpc) is 3.84. The fourth-order valence-corrected chi connectivity index (χ4v) is 6.92. The van der Waals surface area contributed by atoms with E-state index in [1.165, 1.54) is 0 Å². The summed E-state index contributed by atoms with van der Waals surface area (Å²) >= 11 is 6.53. The van der Waals surface area contributed by atoms with E-state index in [1.54, 1.807) is 27.8 Å². The molecular weight excluding hydrogens is 618 g/mol. The number of aromatic nitrogens is 2. The van der Waals surface area contributed by atoms with Crippen LogP contribution in [-0.2, 0) is 9.47 Å². The highest BCUT2D eigenvalue weighted by atomic mass is 35.5. The van der Waals surface area contributed by atoms with Gasteiger partial charge in [-0.1, -0.05) is 66.2 Å². The van der Waals surface area contributed by atoms with E-state index in [-0.39, 0.29) is 24.0 Å². The van der Waals surface area contributed by atoms with Gasteiger partial charge in [0.05, 0.1) is 35.1 Å². The molecule has 2 aliphatic carbocycles. The first-order valence-corrected chi connectivity index (χ1v) is 16.5. The van der Waals surface area contributed by atoms with Crippen LogP contribution >= 0.6 is 11.6 Å². The zero-order chi connectivity index (χ0) is 32.9. The van der Waals surface area contributed by atoms with Gasteiger partial charge in [-0.25, -0.2) is 19.2 Å². The maximum Gasteiger partial charge on any atom is 0.410 e. The second kappa shape index (κ2) is 12.2. The molecule has 0 spiro atoms. The zero-order valence-electron chi connectivity index (χ0n) is 26.7. The minimum Gasteiger partial charge on any atom is -0.449 e. The van der Waals surface area contributed by atoms with Gasteiger partial charge in [-0.15, -0.1) is 0 Å². The lowest BCUT2D eigenvalue weighted by molar-refractivity contribution is 0.0231. The van der Waals surface area contributed by atoms with E-state index in [4.69, 9.17) is 26.1 Å². The molecule has 2 amide bonds. The number of nitrogens with zero attached hydrogens (tertiary/aromatic N) is 4. The fourth-order valence-electron chi connectivity index (χ4n) is 6.67. The lowest BCUT2D eigenvalue weighted by Crippen LogP contribution is -2.57. The summed E-state index contributed by atoms with van der Waals surface area (Å²) in [5, 5.41) is 5.57. The van der Waals surface area contributed by atoms with Crippen LogP contribution in [0.25, 0.3) is 22.0 Å². The Labute approximate surface area is 278 Å². The van der Waals surface area contributed by atoms with Crippen molar-refractivity contribution in [3.8, 4) is 11.1 Å². The Bertz CT molecular complexity index is 1860. The molecule has 7 rings (SSSR count). The molecule has 0 radical (unpaired) electrons. The van der Waals surface area contributed by atoms with Crippen LogP contribution in [0.15, 0.2) is 71.5 Å². The zero-order valence-corrected chi connectivity index (χ0v) is 27.5. The van der Waals surface area contributed by atoms with Crippen LogP contribution in [0.3, 0.4) is 0 Å². The number of benzene rings is 3. The van der Waals surface area contributed by atoms with Crippen LogP contribution in [0.1, 0.15) is 62.5 Å². The van der Waals surface area contributed by atoms with E-state index in [0.717, 1.165) is 35.1 Å². The van der Waals surface area contributed by atoms with Gasteiger partial charge in [-0.2, -0.15) is 0 Å². The highest BCUT2D eigenvalue weighted by Crippen LogP contribution is 2.45. The Hall–Kier alpha value is -4.57. The van der Waals surface area contributed by atoms with Crippen molar-refractivity contribution in [2.45, 2.75) is 51.2 Å². The van der Waals surface area contributed by atoms with Gasteiger partial charge in [0.2, 0.25) is 0 Å². The van der Waals surface area contributed by atoms with Crippen molar-refractivity contribution in [3.63, 3.8) is 0 Å². The predicted octanol–water partition coefficient (Wildman–Crippen LogP) is 6.23. The van der Waals surface area contributed by atoms with Crippen molar-refractivity contribution in [2.75, 3.05) is 37.8 Å². The van der Waals surface area contributed by atoms with Crippen LogP contribution < -0.4 is 15.9 Å². The molecule has 2 heterocycles. The summed E-state index contributed by atoms with van der Waals surface area (Å²) in [5.41, 5.74) is 4.10. The van der Waals surface area contributed by atoms with E-state index in [1.807, 2.05) is 50.0 Å². The molecule has 1 saturated carbocycles. The number of carbonyl (C=O) groups excluding carboxylic acids is 2. The van der Waals surface area contributed by atoms with Crippen molar-refractivity contribution < 1.29 is 19.1 Å². The van der Waals surface area contributed by atoms with Gasteiger partial charge in [-0.3, -0.25) is 4.79 Å². The van der Waals surface area contributed by atoms with Gasteiger partial charge >= 0.3 is 12.2 Å². The summed E-state index contributed by atoms with van der Waals surface area (Å²) < 4.78 is 13.0. The number of hydrogen-bond acceptors (Lipinski definition) is 7. The minimum atomic E-state index is -0.611. The highest BCUT2D eigenvalue weighted by molar-refractivity contribution is 6.35. The van der Waals surface area contributed by atoms with Gasteiger partial charge in [0, 0.05) is 19.0 Å².